The van der Waals surface area contributed by atoms with Gasteiger partial charge < -0.3 is 4.42 Å². The molecule has 1 heterocycles. The zero-order chi connectivity index (χ0) is 16.0. The lowest BCUT2D eigenvalue weighted by atomic mass is 9.93. The van der Waals surface area contributed by atoms with Crippen molar-refractivity contribution in [1.82, 2.24) is 0 Å². The number of halogens is 2. The molecule has 0 spiro atoms. The zero-order valence-electron chi connectivity index (χ0n) is 11.3. The molecule has 3 rings (SSSR count). The summed E-state index contributed by atoms with van der Waals surface area (Å²) in [7, 11) is 0. The molecule has 1 aromatic carbocycles. The lowest BCUT2D eigenvalue weighted by Crippen LogP contribution is -2.22. The molecule has 0 saturated carbocycles. The summed E-state index contributed by atoms with van der Waals surface area (Å²) in [5.74, 6) is -2.31. The molecule has 0 aliphatic heterocycles. The van der Waals surface area contributed by atoms with Crippen molar-refractivity contribution in [3.05, 3.63) is 63.6 Å². The molecule has 0 bridgehead atoms. The number of fused-ring (bicyclic) bond motifs is 1. The van der Waals surface area contributed by atoms with E-state index in [1.165, 1.54) is 0 Å². The number of hydrogen-bond acceptors (Lipinski definition) is 4. The maximum Gasteiger partial charge on any atom is 0.246 e. The van der Waals surface area contributed by atoms with Gasteiger partial charge in [0.2, 0.25) is 11.6 Å². The molecule has 22 heavy (non-hydrogen) atoms. The highest BCUT2D eigenvalue weighted by molar-refractivity contribution is 6.71. The summed E-state index contributed by atoms with van der Waals surface area (Å²) in [6, 6.07) is 6.87. The Balaban J connectivity index is 2.17. The van der Waals surface area contributed by atoms with Crippen LogP contribution in [-0.2, 0) is 4.79 Å². The second-order valence-corrected chi connectivity index (χ2v) is 5.59. The molecule has 1 aliphatic rings. The molecular weight excluding hydrogens is 327 g/mol. The first-order chi connectivity index (χ1) is 10.4. The van der Waals surface area contributed by atoms with E-state index in [1.807, 2.05) is 13.0 Å². The lowest BCUT2D eigenvalue weighted by Gasteiger charge is -2.10. The Kier molecular flexibility index (Phi) is 3.51. The van der Waals surface area contributed by atoms with E-state index in [0.717, 1.165) is 11.8 Å². The van der Waals surface area contributed by atoms with Gasteiger partial charge in [0.1, 0.15) is 16.3 Å². The highest BCUT2D eigenvalue weighted by Crippen LogP contribution is 2.37. The first kappa shape index (κ1) is 14.8. The van der Waals surface area contributed by atoms with Crippen LogP contribution in [0.1, 0.15) is 37.6 Å². The minimum atomic E-state index is -0.946. The Labute approximate surface area is 135 Å². The average molecular weight is 335 g/mol. The number of furan rings is 1. The van der Waals surface area contributed by atoms with Crippen LogP contribution < -0.4 is 0 Å². The fourth-order valence-corrected chi connectivity index (χ4v) is 2.66. The van der Waals surface area contributed by atoms with Crippen molar-refractivity contribution < 1.29 is 18.8 Å². The van der Waals surface area contributed by atoms with Crippen molar-refractivity contribution in [2.24, 2.45) is 0 Å². The van der Waals surface area contributed by atoms with E-state index in [9.17, 15) is 14.4 Å². The van der Waals surface area contributed by atoms with Gasteiger partial charge in [-0.05, 0) is 13.0 Å². The number of carbonyl (C=O) groups excluding carboxylic acids is 3. The summed E-state index contributed by atoms with van der Waals surface area (Å²) in [6.07, 6.45) is 1.12. The predicted molar refractivity (Wildman–Crippen MR) is 81.3 cm³/mol. The quantitative estimate of drug-likeness (QED) is 0.620. The second-order valence-electron chi connectivity index (χ2n) is 4.84. The summed E-state index contributed by atoms with van der Waals surface area (Å²) in [4.78, 5) is 36.5. The third kappa shape index (κ3) is 2.12. The summed E-state index contributed by atoms with van der Waals surface area (Å²) in [5.41, 5.74) is 1.15. The van der Waals surface area contributed by atoms with Crippen molar-refractivity contribution in [3.63, 3.8) is 0 Å². The third-order valence-electron chi connectivity index (χ3n) is 3.34. The Bertz CT molecular complexity index is 874. The average Bonchev–Trinajstić information content (AvgIpc) is 2.95. The molecule has 4 nitrogen and oxygen atoms in total. The molecule has 0 N–H and O–H groups in total. The Morgan fingerprint density at radius 1 is 1.09 bits per heavy atom. The molecule has 0 saturated heterocycles. The fraction of sp³-hybridized carbons (Fsp3) is 0.0625. The van der Waals surface area contributed by atoms with E-state index >= 15 is 0 Å². The van der Waals surface area contributed by atoms with Gasteiger partial charge in [0.15, 0.2) is 11.5 Å². The van der Waals surface area contributed by atoms with Crippen LogP contribution in [-0.4, -0.2) is 17.3 Å². The molecule has 110 valence electrons. The van der Waals surface area contributed by atoms with Gasteiger partial charge in [0.25, 0.3) is 0 Å². The van der Waals surface area contributed by atoms with Gasteiger partial charge in [0, 0.05) is 5.56 Å². The first-order valence-corrected chi connectivity index (χ1v) is 7.05. The summed E-state index contributed by atoms with van der Waals surface area (Å²) in [6.45, 7) is 1.84. The number of aryl methyl sites for hydroxylation is 1. The summed E-state index contributed by atoms with van der Waals surface area (Å²) < 4.78 is 5.19. The number of rotatable bonds is 2. The molecule has 0 radical (unpaired) electrons. The molecule has 0 fully saturated rings. The lowest BCUT2D eigenvalue weighted by molar-refractivity contribution is -0.111. The molecule has 0 atom stereocenters. The van der Waals surface area contributed by atoms with E-state index in [1.54, 1.807) is 18.2 Å². The van der Waals surface area contributed by atoms with Crippen LogP contribution in [0.15, 0.2) is 40.0 Å². The minimum absolute atomic E-state index is 0.00117. The number of benzene rings is 1. The predicted octanol–water partition coefficient (Wildman–Crippen LogP) is 3.73. The minimum Gasteiger partial charge on any atom is -0.462 e. The van der Waals surface area contributed by atoms with Gasteiger partial charge in [-0.2, -0.15) is 0 Å². The SMILES string of the molecule is Cc1cccc(C(=O)c2coc3c2C(=O)C(=O)C(Cl)=C3Cl)c1. The summed E-state index contributed by atoms with van der Waals surface area (Å²) >= 11 is 11.6. The number of Topliss-reactive ketones (excluding diaryl/α,β-unsaturated/α-hetero) is 2. The van der Waals surface area contributed by atoms with Crippen LogP contribution in [0.3, 0.4) is 0 Å². The maximum atomic E-state index is 12.6. The Morgan fingerprint density at radius 3 is 2.50 bits per heavy atom. The standard InChI is InChI=1S/C16H8Cl2O4/c1-7-3-2-4-8(5-7)13(19)9-6-22-16-10(9)14(20)15(21)11(17)12(16)18/h2-6H,1H3. The van der Waals surface area contributed by atoms with E-state index in [0.29, 0.717) is 5.56 Å². The van der Waals surface area contributed by atoms with Crippen molar-refractivity contribution in [3.8, 4) is 0 Å². The maximum absolute atomic E-state index is 12.6. The van der Waals surface area contributed by atoms with Gasteiger partial charge in [-0.15, -0.1) is 0 Å². The van der Waals surface area contributed by atoms with Crippen molar-refractivity contribution in [2.75, 3.05) is 0 Å². The normalized spacial score (nSPS) is 14.3. The van der Waals surface area contributed by atoms with E-state index in [4.69, 9.17) is 27.6 Å². The Morgan fingerprint density at radius 2 is 1.82 bits per heavy atom. The monoisotopic (exact) mass is 334 g/mol. The number of hydrogen-bond donors (Lipinski definition) is 0. The van der Waals surface area contributed by atoms with Gasteiger partial charge in [0.05, 0.1) is 11.1 Å². The first-order valence-electron chi connectivity index (χ1n) is 6.29. The van der Waals surface area contributed by atoms with Crippen LogP contribution in [0.5, 0.6) is 0 Å². The number of carbonyl (C=O) groups is 3. The zero-order valence-corrected chi connectivity index (χ0v) is 12.8. The summed E-state index contributed by atoms with van der Waals surface area (Å²) in [5, 5.41) is -0.562. The fourth-order valence-electron chi connectivity index (χ4n) is 2.27. The van der Waals surface area contributed by atoms with Gasteiger partial charge in [-0.3, -0.25) is 14.4 Å². The molecule has 6 heteroatoms. The van der Waals surface area contributed by atoms with Gasteiger partial charge in [-0.1, -0.05) is 47.0 Å². The molecule has 1 aliphatic carbocycles. The second kappa shape index (κ2) is 5.23. The number of ketones is 3. The van der Waals surface area contributed by atoms with Gasteiger partial charge >= 0.3 is 0 Å². The topological polar surface area (TPSA) is 64.3 Å². The van der Waals surface area contributed by atoms with E-state index in [-0.39, 0.29) is 21.9 Å². The highest BCUT2D eigenvalue weighted by Gasteiger charge is 2.38. The largest absolute Gasteiger partial charge is 0.462 e. The van der Waals surface area contributed by atoms with Crippen LogP contribution in [0, 0.1) is 6.92 Å². The molecule has 1 aromatic heterocycles. The molecule has 2 aromatic rings. The smallest absolute Gasteiger partial charge is 0.246 e. The van der Waals surface area contributed by atoms with Crippen LogP contribution in [0.25, 0.3) is 5.03 Å². The third-order valence-corrected chi connectivity index (χ3v) is 4.16. The molecule has 0 unspecified atom stereocenters. The van der Waals surface area contributed by atoms with Crippen molar-refractivity contribution >= 4 is 45.6 Å². The van der Waals surface area contributed by atoms with Gasteiger partial charge in [-0.25, -0.2) is 0 Å². The van der Waals surface area contributed by atoms with Crippen molar-refractivity contribution in [1.29, 1.82) is 0 Å². The highest BCUT2D eigenvalue weighted by atomic mass is 35.5. The molecule has 0 amide bonds. The molecular formula is C16H8Cl2O4. The number of allylic oxidation sites excluding steroid dienone is 1. The van der Waals surface area contributed by atoms with E-state index in [2.05, 4.69) is 0 Å². The van der Waals surface area contributed by atoms with Crippen LogP contribution >= 0.6 is 23.2 Å². The van der Waals surface area contributed by atoms with Crippen LogP contribution in [0.4, 0.5) is 0 Å². The van der Waals surface area contributed by atoms with E-state index < -0.39 is 22.4 Å². The Hall–Kier alpha value is -2.17. The van der Waals surface area contributed by atoms with Crippen LogP contribution in [0.2, 0.25) is 0 Å². The van der Waals surface area contributed by atoms with Crippen molar-refractivity contribution in [2.45, 2.75) is 6.92 Å².